The van der Waals surface area contributed by atoms with Crippen molar-refractivity contribution in [3.8, 4) is 0 Å². The van der Waals surface area contributed by atoms with Gasteiger partial charge in [0.15, 0.2) is 0 Å². The first-order chi connectivity index (χ1) is 10.6. The van der Waals surface area contributed by atoms with Crippen molar-refractivity contribution in [3.63, 3.8) is 0 Å². The fourth-order valence-corrected chi connectivity index (χ4v) is 7.66. The average Bonchev–Trinajstić information content (AvgIpc) is 2.58. The normalized spacial score (nSPS) is 12.1. The van der Waals surface area contributed by atoms with Crippen LogP contribution in [0.1, 0.15) is 11.1 Å². The van der Waals surface area contributed by atoms with Crippen LogP contribution in [0.3, 0.4) is 0 Å². The molecule has 0 heterocycles. The highest BCUT2D eigenvalue weighted by atomic mass is 79.9. The lowest BCUT2D eigenvalue weighted by Gasteiger charge is -2.36. The Kier molecular flexibility index (Phi) is 4.42. The van der Waals surface area contributed by atoms with Crippen LogP contribution in [-0.2, 0) is 0 Å². The maximum absolute atomic E-state index is 4.18. The number of aryl methyl sites for hydroxylation is 2. The topological polar surface area (TPSA) is 0 Å². The van der Waals surface area contributed by atoms with Crippen molar-refractivity contribution in [1.29, 1.82) is 0 Å². The van der Waals surface area contributed by atoms with Gasteiger partial charge in [-0.25, -0.2) is 0 Å². The third-order valence-corrected chi connectivity index (χ3v) is 9.96. The molecule has 2 heteroatoms. The minimum atomic E-state index is -1.42. The predicted octanol–water partition coefficient (Wildman–Crippen LogP) is 6.90. The number of hydrogen-bond acceptors (Lipinski definition) is 0. The summed E-state index contributed by atoms with van der Waals surface area (Å²) in [7, 11) is -1.42. The van der Waals surface area contributed by atoms with Gasteiger partial charge < -0.3 is 0 Å². The van der Waals surface area contributed by atoms with Gasteiger partial charge >= 0.3 is 0 Å². The van der Waals surface area contributed by atoms with E-state index in [1.807, 2.05) is 0 Å². The molecule has 0 saturated heterocycles. The van der Waals surface area contributed by atoms with Gasteiger partial charge in [0.05, 0.1) is 0 Å². The van der Waals surface area contributed by atoms with E-state index in [-0.39, 0.29) is 0 Å². The molecule has 0 aliphatic rings. The Hall–Kier alpha value is -1.51. The van der Waals surface area contributed by atoms with E-state index in [0.29, 0.717) is 0 Å². The summed E-state index contributed by atoms with van der Waals surface area (Å²) in [6, 6.07) is 28.2. The smallest absolute Gasteiger partial charge is 0.0110 e. The minimum Gasteiger partial charge on any atom is -0.101 e. The van der Waals surface area contributed by atoms with Crippen LogP contribution in [0, 0.1) is 13.8 Å². The Bertz CT molecular complexity index is 727. The van der Waals surface area contributed by atoms with Gasteiger partial charge in [-0.3, -0.25) is 0 Å². The number of rotatable bonds is 3. The molecule has 0 saturated carbocycles. The van der Waals surface area contributed by atoms with E-state index < -0.39 is 8.46 Å². The second-order valence-electron chi connectivity index (χ2n) is 5.43. The largest absolute Gasteiger partial charge is 0.101 e. The van der Waals surface area contributed by atoms with Crippen LogP contribution >= 0.6 is 23.3 Å². The molecule has 0 spiro atoms. The summed E-state index contributed by atoms with van der Waals surface area (Å²) < 4.78 is 0. The van der Waals surface area contributed by atoms with Crippen molar-refractivity contribution in [1.82, 2.24) is 0 Å². The molecule has 0 amide bonds. The molecule has 22 heavy (non-hydrogen) atoms. The summed E-state index contributed by atoms with van der Waals surface area (Å²) in [5, 5.41) is 0. The Balaban J connectivity index is 2.31. The van der Waals surface area contributed by atoms with Crippen LogP contribution in [-0.4, -0.2) is 0 Å². The molecule has 0 radical (unpaired) electrons. The lowest BCUT2D eigenvalue weighted by atomic mass is 10.2. The van der Waals surface area contributed by atoms with Crippen molar-refractivity contribution in [2.24, 2.45) is 0 Å². The Morgan fingerprint density at radius 3 is 1.68 bits per heavy atom. The molecule has 0 aromatic heterocycles. The monoisotopic (exact) mass is 370 g/mol. The molecule has 0 fully saturated rings. The Labute approximate surface area is 141 Å². The molecule has 3 aromatic carbocycles. The number of benzene rings is 3. The zero-order chi connectivity index (χ0) is 15.6. The van der Waals surface area contributed by atoms with E-state index in [1.54, 1.807) is 0 Å². The average molecular weight is 371 g/mol. The molecule has 0 aliphatic heterocycles. The van der Waals surface area contributed by atoms with Crippen LogP contribution < -0.4 is 0 Å². The molecular weight excluding hydrogens is 352 g/mol. The maximum atomic E-state index is 4.18. The highest BCUT2D eigenvalue weighted by Gasteiger charge is 2.29. The van der Waals surface area contributed by atoms with Crippen LogP contribution in [0.25, 0.3) is 0 Å². The van der Waals surface area contributed by atoms with Gasteiger partial charge in [-0.15, -0.1) is 8.46 Å². The van der Waals surface area contributed by atoms with Crippen LogP contribution in [0.4, 0.5) is 0 Å². The van der Waals surface area contributed by atoms with E-state index in [2.05, 4.69) is 108 Å². The van der Waals surface area contributed by atoms with Crippen molar-refractivity contribution in [2.75, 3.05) is 0 Å². The van der Waals surface area contributed by atoms with Crippen LogP contribution in [0.5, 0.6) is 0 Å². The first-order valence-electron chi connectivity index (χ1n) is 7.33. The number of halogens is 1. The van der Waals surface area contributed by atoms with Gasteiger partial charge in [0.25, 0.3) is 0 Å². The second-order valence-corrected chi connectivity index (χ2v) is 10.8. The fourth-order valence-electron chi connectivity index (χ4n) is 2.62. The zero-order valence-corrected chi connectivity index (χ0v) is 15.2. The van der Waals surface area contributed by atoms with Gasteiger partial charge in [0.2, 0.25) is 0 Å². The molecule has 0 unspecified atom stereocenters. The summed E-state index contributed by atoms with van der Waals surface area (Å²) in [6.45, 7) is 4.36. The van der Waals surface area contributed by atoms with E-state index in [0.717, 1.165) is 0 Å². The highest BCUT2D eigenvalue weighted by molar-refractivity contribution is 9.58. The highest BCUT2D eigenvalue weighted by Crippen LogP contribution is 2.74. The molecule has 0 atom stereocenters. The molecule has 3 rings (SSSR count). The fraction of sp³-hybridized carbons (Fsp3) is 0.100. The summed E-state index contributed by atoms with van der Waals surface area (Å²) in [4.78, 5) is 4.04. The standard InChI is InChI=1S/C20H19BrS/c1-16-13-14-17(2)20(15-16)22(21,18-9-5-3-6-10-18)19-11-7-4-8-12-19/h3-15H,1-2H3. The summed E-state index contributed by atoms with van der Waals surface area (Å²) in [5.74, 6) is 0. The van der Waals surface area contributed by atoms with Gasteiger partial charge in [0.1, 0.15) is 0 Å². The van der Waals surface area contributed by atoms with Crippen LogP contribution in [0.2, 0.25) is 0 Å². The van der Waals surface area contributed by atoms with E-state index in [1.165, 1.54) is 25.8 Å². The third kappa shape index (κ3) is 2.73. The molecule has 0 aliphatic carbocycles. The SMILES string of the molecule is Cc1ccc(C)c(S(Br)(c2ccccc2)c2ccccc2)c1. The first-order valence-corrected chi connectivity index (χ1v) is 10.8. The Morgan fingerprint density at radius 2 is 1.18 bits per heavy atom. The number of hydrogen-bond donors (Lipinski definition) is 0. The Morgan fingerprint density at radius 1 is 0.682 bits per heavy atom. The molecule has 0 bridgehead atoms. The van der Waals surface area contributed by atoms with E-state index >= 15 is 0 Å². The van der Waals surface area contributed by atoms with Gasteiger partial charge in [-0.1, -0.05) is 54.1 Å². The lowest BCUT2D eigenvalue weighted by molar-refractivity contribution is 1.22. The minimum absolute atomic E-state index is 1.30. The summed E-state index contributed by atoms with van der Waals surface area (Å²) in [5.41, 5.74) is 2.62. The molecule has 112 valence electrons. The van der Waals surface area contributed by atoms with Crippen molar-refractivity contribution in [2.45, 2.75) is 28.5 Å². The summed E-state index contributed by atoms with van der Waals surface area (Å²) >= 11 is 4.18. The molecule has 3 aromatic rings. The maximum Gasteiger partial charge on any atom is 0.0110 e. The first kappa shape index (κ1) is 15.4. The van der Waals surface area contributed by atoms with E-state index in [4.69, 9.17) is 0 Å². The molecular formula is C20H19BrS. The lowest BCUT2D eigenvalue weighted by Crippen LogP contribution is -1.99. The van der Waals surface area contributed by atoms with Crippen LogP contribution in [0.15, 0.2) is 93.5 Å². The van der Waals surface area contributed by atoms with Crippen molar-refractivity contribution < 1.29 is 0 Å². The van der Waals surface area contributed by atoms with Gasteiger partial charge in [0, 0.05) is 14.7 Å². The molecule has 0 N–H and O–H groups in total. The van der Waals surface area contributed by atoms with Gasteiger partial charge in [-0.2, -0.15) is 0 Å². The van der Waals surface area contributed by atoms with E-state index in [9.17, 15) is 0 Å². The quantitative estimate of drug-likeness (QED) is 0.470. The second kappa shape index (κ2) is 6.31. The third-order valence-electron chi connectivity index (χ3n) is 3.78. The molecule has 0 nitrogen and oxygen atoms in total. The zero-order valence-electron chi connectivity index (χ0n) is 12.8. The van der Waals surface area contributed by atoms with Gasteiger partial charge in [-0.05, 0) is 64.6 Å². The summed E-state index contributed by atoms with van der Waals surface area (Å²) in [6.07, 6.45) is 0. The van der Waals surface area contributed by atoms with Crippen molar-refractivity contribution >= 4 is 23.3 Å². The predicted molar refractivity (Wildman–Crippen MR) is 100 cm³/mol. The van der Waals surface area contributed by atoms with Crippen molar-refractivity contribution in [3.05, 3.63) is 90.0 Å².